The molecule has 316 valence electrons. The van der Waals surface area contributed by atoms with Gasteiger partial charge >= 0.3 is 0 Å². The van der Waals surface area contributed by atoms with Crippen LogP contribution in [-0.2, 0) is 0 Å². The minimum atomic E-state index is 1.23. The summed E-state index contributed by atoms with van der Waals surface area (Å²) in [6.45, 7) is 4.55. The van der Waals surface area contributed by atoms with Gasteiger partial charge in [-0.25, -0.2) is 0 Å². The molecule has 0 aliphatic rings. The number of aryl methyl sites for hydroxylation is 2. The van der Waals surface area contributed by atoms with Crippen LogP contribution in [0.25, 0.3) is 142 Å². The van der Waals surface area contributed by atoms with E-state index in [-0.39, 0.29) is 0 Å². The van der Waals surface area contributed by atoms with E-state index in [1.165, 1.54) is 153 Å². The van der Waals surface area contributed by atoms with Crippen LogP contribution < -0.4 is 0 Å². The fourth-order valence-electron chi connectivity index (χ4n) is 12.1. The smallest absolute Gasteiger partial charge is 0.000718 e. The average Bonchev–Trinajstić information content (AvgIpc) is 3.88. The molecule has 0 radical (unpaired) electrons. The molecule has 0 aliphatic carbocycles. The lowest BCUT2D eigenvalue weighted by Gasteiger charge is -2.19. The molecule has 0 nitrogen and oxygen atoms in total. The maximum Gasteiger partial charge on any atom is -0.000718 e. The van der Waals surface area contributed by atoms with Crippen molar-refractivity contribution in [2.24, 2.45) is 0 Å². The molecule has 0 spiro atoms. The van der Waals surface area contributed by atoms with Crippen LogP contribution in [0.4, 0.5) is 0 Å². The lowest BCUT2D eigenvalue weighted by Crippen LogP contribution is -1.91. The second kappa shape index (κ2) is 15.0. The number of hydrogen-bond acceptors (Lipinski definition) is 0. The first-order chi connectivity index (χ1) is 33.6. The maximum atomic E-state index is 2.57. The molecule has 14 rings (SSSR count). The summed E-state index contributed by atoms with van der Waals surface area (Å²) in [6.07, 6.45) is 0. The summed E-state index contributed by atoms with van der Waals surface area (Å²) in [7, 11) is 0. The van der Waals surface area contributed by atoms with Crippen LogP contribution in [-0.4, -0.2) is 0 Å². The van der Waals surface area contributed by atoms with Crippen molar-refractivity contribution in [2.45, 2.75) is 13.8 Å². The highest BCUT2D eigenvalue weighted by atomic mass is 14.3. The van der Waals surface area contributed by atoms with Crippen LogP contribution in [0.15, 0.2) is 231 Å². The topological polar surface area (TPSA) is 0 Å². The molecule has 0 amide bonds. The summed E-state index contributed by atoms with van der Waals surface area (Å²) in [5.41, 5.74) is 17.5. The van der Waals surface area contributed by atoms with Crippen LogP contribution in [0, 0.1) is 13.8 Å². The highest BCUT2D eigenvalue weighted by molar-refractivity contribution is 6.45. The monoisotopic (exact) mass is 860 g/mol. The Morgan fingerprint density at radius 3 is 1.24 bits per heavy atom. The van der Waals surface area contributed by atoms with E-state index in [1.807, 2.05) is 0 Å². The van der Waals surface area contributed by atoms with Crippen molar-refractivity contribution in [3.8, 4) is 66.8 Å². The summed E-state index contributed by atoms with van der Waals surface area (Å²) < 4.78 is 0. The van der Waals surface area contributed by atoms with Gasteiger partial charge in [-0.05, 0) is 179 Å². The van der Waals surface area contributed by atoms with Gasteiger partial charge in [0.2, 0.25) is 0 Å². The van der Waals surface area contributed by atoms with Crippen LogP contribution in [0.2, 0.25) is 0 Å². The van der Waals surface area contributed by atoms with Crippen molar-refractivity contribution in [3.63, 3.8) is 0 Å². The number of fused-ring (bicyclic) bond motifs is 8. The second-order valence-electron chi connectivity index (χ2n) is 18.8. The van der Waals surface area contributed by atoms with Crippen LogP contribution >= 0.6 is 0 Å². The highest BCUT2D eigenvalue weighted by Gasteiger charge is 2.28. The van der Waals surface area contributed by atoms with Crippen molar-refractivity contribution in [1.29, 1.82) is 0 Å². The largest absolute Gasteiger partial charge is 0.0622 e. The molecule has 0 unspecified atom stereocenters. The van der Waals surface area contributed by atoms with Gasteiger partial charge in [0.1, 0.15) is 0 Å². The first-order valence-corrected chi connectivity index (χ1v) is 23.8. The number of rotatable bonds is 6. The van der Waals surface area contributed by atoms with Gasteiger partial charge in [-0.1, -0.05) is 218 Å². The zero-order valence-electron chi connectivity index (χ0n) is 37.9. The zero-order chi connectivity index (χ0) is 45.0. The third-order valence-corrected chi connectivity index (χ3v) is 14.8. The third kappa shape index (κ3) is 5.68. The predicted octanol–water partition coefficient (Wildman–Crippen LogP) is 19.3. The van der Waals surface area contributed by atoms with E-state index < -0.39 is 0 Å². The molecule has 0 aliphatic heterocycles. The quantitative estimate of drug-likeness (QED) is 0.146. The molecule has 0 saturated carbocycles. The first kappa shape index (κ1) is 38.7. The fourth-order valence-corrected chi connectivity index (χ4v) is 12.1. The van der Waals surface area contributed by atoms with Crippen molar-refractivity contribution in [1.82, 2.24) is 0 Å². The number of benzene rings is 12. The molecule has 68 heavy (non-hydrogen) atoms. The Balaban J connectivity index is 1.17. The standard InChI is InChI=1S/C68H44/c1-41-36-57-53-32-31-47(50-29-16-15-27-48(50)43-19-7-3-8-20-43)39-55(53)58-40-61-62(45-23-11-5-12-24-45)68-60-38-42(2)35-56-52(51-30-18-17-28-49(51)44-21-9-4-10-22-44)33-34-54(64(56)60)67(68)63(46-25-13-6-14-26-46)66(61)59(37-41)65(57)58/h3-40H,1-2H3. The lowest BCUT2D eigenvalue weighted by molar-refractivity contribution is 1.53. The Morgan fingerprint density at radius 1 is 0.191 bits per heavy atom. The Morgan fingerprint density at radius 2 is 0.618 bits per heavy atom. The highest BCUT2D eigenvalue weighted by Crippen LogP contribution is 2.56. The minimum absolute atomic E-state index is 1.23. The minimum Gasteiger partial charge on any atom is -0.0622 e. The summed E-state index contributed by atoms with van der Waals surface area (Å²) in [5.74, 6) is 0. The molecule has 0 bridgehead atoms. The molecule has 0 saturated heterocycles. The van der Waals surface area contributed by atoms with E-state index in [0.29, 0.717) is 0 Å². The summed E-state index contributed by atoms with van der Waals surface area (Å²) in [5, 5.41) is 18.3. The summed E-state index contributed by atoms with van der Waals surface area (Å²) >= 11 is 0. The van der Waals surface area contributed by atoms with Crippen molar-refractivity contribution in [3.05, 3.63) is 242 Å². The molecule has 14 aromatic carbocycles. The predicted molar refractivity (Wildman–Crippen MR) is 293 cm³/mol. The van der Waals surface area contributed by atoms with E-state index in [4.69, 9.17) is 0 Å². The Bertz CT molecular complexity index is 4280. The zero-order valence-corrected chi connectivity index (χ0v) is 37.9. The van der Waals surface area contributed by atoms with E-state index in [9.17, 15) is 0 Å². The average molecular weight is 861 g/mol. The van der Waals surface area contributed by atoms with E-state index in [1.54, 1.807) is 0 Å². The molecular weight excluding hydrogens is 817 g/mol. The third-order valence-electron chi connectivity index (χ3n) is 14.8. The molecule has 0 heteroatoms. The van der Waals surface area contributed by atoms with Crippen LogP contribution in [0.3, 0.4) is 0 Å². The van der Waals surface area contributed by atoms with E-state index >= 15 is 0 Å². The van der Waals surface area contributed by atoms with Crippen molar-refractivity contribution >= 4 is 75.4 Å². The first-order valence-electron chi connectivity index (χ1n) is 23.8. The van der Waals surface area contributed by atoms with Gasteiger partial charge in [-0.15, -0.1) is 0 Å². The van der Waals surface area contributed by atoms with E-state index in [0.717, 1.165) is 0 Å². The van der Waals surface area contributed by atoms with Crippen LogP contribution in [0.1, 0.15) is 11.1 Å². The molecular formula is C68H44. The molecule has 0 heterocycles. The molecule has 14 aromatic rings. The van der Waals surface area contributed by atoms with Crippen LogP contribution in [0.5, 0.6) is 0 Å². The van der Waals surface area contributed by atoms with Gasteiger partial charge in [0.05, 0.1) is 0 Å². The normalized spacial score (nSPS) is 12.0. The molecule has 0 fully saturated rings. The van der Waals surface area contributed by atoms with Gasteiger partial charge in [0, 0.05) is 0 Å². The molecule has 0 aromatic heterocycles. The Hall–Kier alpha value is -8.58. The molecule has 0 atom stereocenters. The van der Waals surface area contributed by atoms with E-state index in [2.05, 4.69) is 244 Å². The number of hydrogen-bond donors (Lipinski definition) is 0. The van der Waals surface area contributed by atoms with Crippen molar-refractivity contribution in [2.75, 3.05) is 0 Å². The van der Waals surface area contributed by atoms with Crippen molar-refractivity contribution < 1.29 is 0 Å². The Kier molecular flexibility index (Phi) is 8.51. The molecule has 0 N–H and O–H groups in total. The van der Waals surface area contributed by atoms with Gasteiger partial charge in [0.15, 0.2) is 0 Å². The van der Waals surface area contributed by atoms with Gasteiger partial charge in [-0.2, -0.15) is 0 Å². The fraction of sp³-hybridized carbons (Fsp3) is 0.0294. The van der Waals surface area contributed by atoms with Gasteiger partial charge < -0.3 is 0 Å². The summed E-state index contributed by atoms with van der Waals surface area (Å²) in [4.78, 5) is 0. The maximum absolute atomic E-state index is 2.57. The summed E-state index contributed by atoms with van der Waals surface area (Å²) in [6, 6.07) is 86.3. The van der Waals surface area contributed by atoms with Gasteiger partial charge in [0.25, 0.3) is 0 Å². The lowest BCUT2D eigenvalue weighted by atomic mass is 9.83. The SMILES string of the molecule is Cc1cc2c(-c3ccccc3-c3ccccc3)ccc3c4c(-c5ccccc5)c5c(cc6c7cc(-c8ccccc8-c8ccccc8)ccc7c7cc(C)cc5c76)c(-c5ccccc5)c4c(c1)c23. The second-order valence-corrected chi connectivity index (χ2v) is 18.8. The Labute approximate surface area is 395 Å². The van der Waals surface area contributed by atoms with Gasteiger partial charge in [-0.3, -0.25) is 0 Å².